The van der Waals surface area contributed by atoms with Crippen LogP contribution in [0.5, 0.6) is 0 Å². The van der Waals surface area contributed by atoms with Crippen LogP contribution in [0.1, 0.15) is 39.3 Å². The van der Waals surface area contributed by atoms with E-state index in [4.69, 9.17) is 10.00 Å². The maximum atomic E-state index is 11.7. The van der Waals surface area contributed by atoms with E-state index >= 15 is 0 Å². The van der Waals surface area contributed by atoms with Gasteiger partial charge in [0.1, 0.15) is 11.7 Å². The number of nitrogens with one attached hydrogen (secondary N) is 1. The van der Waals surface area contributed by atoms with E-state index in [0.29, 0.717) is 24.0 Å². The van der Waals surface area contributed by atoms with Crippen molar-refractivity contribution in [2.75, 3.05) is 24.5 Å². The lowest BCUT2D eigenvalue weighted by Crippen LogP contribution is -2.42. The van der Waals surface area contributed by atoms with Crippen LogP contribution in [0.15, 0.2) is 12.4 Å². The van der Waals surface area contributed by atoms with Crippen LogP contribution in [0.4, 0.5) is 10.6 Å². The first-order valence-electron chi connectivity index (χ1n) is 7.82. The first-order chi connectivity index (χ1) is 10.9. The molecule has 0 saturated carbocycles. The summed E-state index contributed by atoms with van der Waals surface area (Å²) in [5.74, 6) is 0.918. The van der Waals surface area contributed by atoms with Crippen molar-refractivity contribution in [3.8, 4) is 6.07 Å². The molecule has 2 rings (SSSR count). The lowest BCUT2D eigenvalue weighted by atomic mass is 9.98. The summed E-state index contributed by atoms with van der Waals surface area (Å²) in [6.07, 6.45) is 4.73. The second-order valence-corrected chi connectivity index (χ2v) is 6.68. The lowest BCUT2D eigenvalue weighted by Gasteiger charge is -2.33. The van der Waals surface area contributed by atoms with E-state index in [9.17, 15) is 4.79 Å². The highest BCUT2D eigenvalue weighted by Crippen LogP contribution is 2.22. The van der Waals surface area contributed by atoms with E-state index < -0.39 is 11.7 Å². The van der Waals surface area contributed by atoms with Crippen molar-refractivity contribution < 1.29 is 9.53 Å². The SMILES string of the molecule is CC(C)(C)OC(=O)NCC1CCCN(c2nccnc2C#N)C1. The van der Waals surface area contributed by atoms with E-state index in [-0.39, 0.29) is 0 Å². The summed E-state index contributed by atoms with van der Waals surface area (Å²) in [6.45, 7) is 7.65. The van der Waals surface area contributed by atoms with Gasteiger partial charge in [-0.05, 0) is 39.5 Å². The van der Waals surface area contributed by atoms with E-state index in [1.807, 2.05) is 20.8 Å². The van der Waals surface area contributed by atoms with Crippen LogP contribution in [0.2, 0.25) is 0 Å². The third kappa shape index (κ3) is 5.09. The first kappa shape index (κ1) is 17.0. The number of rotatable bonds is 3. The fraction of sp³-hybridized carbons (Fsp3) is 0.625. The zero-order valence-electron chi connectivity index (χ0n) is 13.9. The molecule has 23 heavy (non-hydrogen) atoms. The molecule has 1 aliphatic rings. The number of nitriles is 1. The Labute approximate surface area is 136 Å². The first-order valence-corrected chi connectivity index (χ1v) is 7.82. The van der Waals surface area contributed by atoms with Gasteiger partial charge in [-0.25, -0.2) is 14.8 Å². The minimum Gasteiger partial charge on any atom is -0.444 e. The van der Waals surface area contributed by atoms with Gasteiger partial charge in [-0.15, -0.1) is 0 Å². The van der Waals surface area contributed by atoms with Gasteiger partial charge in [-0.1, -0.05) is 0 Å². The third-order valence-corrected chi connectivity index (χ3v) is 3.54. The molecule has 1 amide bonds. The molecule has 1 aliphatic heterocycles. The zero-order chi connectivity index (χ0) is 16.9. The van der Waals surface area contributed by atoms with Gasteiger partial charge in [0.25, 0.3) is 0 Å². The lowest BCUT2D eigenvalue weighted by molar-refractivity contribution is 0.0517. The standard InChI is InChI=1S/C16H23N5O2/c1-16(2,3)23-15(22)20-10-12-5-4-8-21(11-12)14-13(9-17)18-6-7-19-14/h6-7,12H,4-5,8,10-11H2,1-3H3,(H,20,22). The Kier molecular flexibility index (Phi) is 5.37. The molecule has 0 aromatic carbocycles. The normalized spacial score (nSPS) is 18.2. The van der Waals surface area contributed by atoms with Gasteiger partial charge >= 0.3 is 6.09 Å². The van der Waals surface area contributed by atoms with Crippen molar-refractivity contribution >= 4 is 11.9 Å². The number of amides is 1. The van der Waals surface area contributed by atoms with Crippen molar-refractivity contribution in [2.24, 2.45) is 5.92 Å². The number of aromatic nitrogens is 2. The second-order valence-electron chi connectivity index (χ2n) is 6.68. The predicted octanol–water partition coefficient (Wildman–Crippen LogP) is 2.09. The quantitative estimate of drug-likeness (QED) is 0.918. The number of carbonyl (C=O) groups is 1. The summed E-state index contributed by atoms with van der Waals surface area (Å²) in [6, 6.07) is 2.08. The van der Waals surface area contributed by atoms with Gasteiger partial charge in [0.15, 0.2) is 11.5 Å². The molecule has 1 saturated heterocycles. The van der Waals surface area contributed by atoms with Crippen LogP contribution in [-0.4, -0.2) is 41.3 Å². The average molecular weight is 317 g/mol. The number of alkyl carbamates (subject to hydrolysis) is 1. The van der Waals surface area contributed by atoms with Gasteiger partial charge in [0, 0.05) is 32.0 Å². The van der Waals surface area contributed by atoms with Crippen LogP contribution < -0.4 is 10.2 Å². The van der Waals surface area contributed by atoms with Crippen LogP contribution in [0, 0.1) is 17.2 Å². The Morgan fingerprint density at radius 3 is 2.91 bits per heavy atom. The molecule has 0 spiro atoms. The van der Waals surface area contributed by atoms with Crippen molar-refractivity contribution in [3.05, 3.63) is 18.1 Å². The number of ether oxygens (including phenoxy) is 1. The molecule has 0 aliphatic carbocycles. The Hall–Kier alpha value is -2.36. The number of carbonyl (C=O) groups excluding carboxylic acids is 1. The summed E-state index contributed by atoms with van der Waals surface area (Å²) in [7, 11) is 0. The molecule has 1 aromatic heterocycles. The molecule has 124 valence electrons. The number of nitrogens with zero attached hydrogens (tertiary/aromatic N) is 4. The number of hydrogen-bond acceptors (Lipinski definition) is 6. The van der Waals surface area contributed by atoms with E-state index in [1.54, 1.807) is 6.20 Å². The van der Waals surface area contributed by atoms with Crippen molar-refractivity contribution in [2.45, 2.75) is 39.2 Å². The molecule has 7 nitrogen and oxygen atoms in total. The fourth-order valence-electron chi connectivity index (χ4n) is 2.61. The predicted molar refractivity (Wildman–Crippen MR) is 85.9 cm³/mol. The van der Waals surface area contributed by atoms with Gasteiger partial charge in [0.2, 0.25) is 0 Å². The number of piperidine rings is 1. The molecule has 1 aromatic rings. The second kappa shape index (κ2) is 7.27. The number of anilines is 1. The van der Waals surface area contributed by atoms with Gasteiger partial charge in [0.05, 0.1) is 0 Å². The molecule has 1 unspecified atom stereocenters. The highest BCUT2D eigenvalue weighted by molar-refractivity contribution is 5.67. The Morgan fingerprint density at radius 2 is 2.22 bits per heavy atom. The molecular formula is C16H23N5O2. The van der Waals surface area contributed by atoms with E-state index in [0.717, 1.165) is 25.9 Å². The van der Waals surface area contributed by atoms with Crippen molar-refractivity contribution in [1.82, 2.24) is 15.3 Å². The van der Waals surface area contributed by atoms with Crippen LogP contribution in [0.3, 0.4) is 0 Å². The molecule has 1 atom stereocenters. The monoisotopic (exact) mass is 317 g/mol. The van der Waals surface area contributed by atoms with Gasteiger partial charge in [-0.2, -0.15) is 5.26 Å². The molecule has 1 fully saturated rings. The Bertz CT molecular complexity index is 591. The summed E-state index contributed by atoms with van der Waals surface area (Å²) in [4.78, 5) is 22.1. The Balaban J connectivity index is 1.91. The van der Waals surface area contributed by atoms with Crippen molar-refractivity contribution in [3.63, 3.8) is 0 Å². The average Bonchev–Trinajstić information content (AvgIpc) is 2.51. The van der Waals surface area contributed by atoms with Crippen molar-refractivity contribution in [1.29, 1.82) is 5.26 Å². The third-order valence-electron chi connectivity index (χ3n) is 3.54. The smallest absolute Gasteiger partial charge is 0.407 e. The summed E-state index contributed by atoms with van der Waals surface area (Å²) < 4.78 is 5.25. The molecule has 0 radical (unpaired) electrons. The van der Waals surface area contributed by atoms with Crippen LogP contribution in [-0.2, 0) is 4.74 Å². The van der Waals surface area contributed by atoms with Crippen LogP contribution >= 0.6 is 0 Å². The Morgan fingerprint density at radius 1 is 1.48 bits per heavy atom. The summed E-state index contributed by atoms with van der Waals surface area (Å²) in [5, 5.41) is 12.0. The van der Waals surface area contributed by atoms with Crippen LogP contribution in [0.25, 0.3) is 0 Å². The molecular weight excluding hydrogens is 294 g/mol. The minimum absolute atomic E-state index is 0.296. The molecule has 0 bridgehead atoms. The molecule has 7 heteroatoms. The summed E-state index contributed by atoms with van der Waals surface area (Å²) in [5.41, 5.74) is -0.155. The van der Waals surface area contributed by atoms with E-state index in [1.165, 1.54) is 6.20 Å². The maximum absolute atomic E-state index is 11.7. The highest BCUT2D eigenvalue weighted by Gasteiger charge is 2.24. The largest absolute Gasteiger partial charge is 0.444 e. The molecule has 1 N–H and O–H groups in total. The summed E-state index contributed by atoms with van der Waals surface area (Å²) >= 11 is 0. The fourth-order valence-corrected chi connectivity index (χ4v) is 2.61. The zero-order valence-corrected chi connectivity index (χ0v) is 13.9. The molecule has 2 heterocycles. The van der Waals surface area contributed by atoms with Gasteiger partial charge in [-0.3, -0.25) is 0 Å². The van der Waals surface area contributed by atoms with E-state index in [2.05, 4.69) is 26.3 Å². The van der Waals surface area contributed by atoms with Gasteiger partial charge < -0.3 is 15.0 Å². The highest BCUT2D eigenvalue weighted by atomic mass is 16.6. The maximum Gasteiger partial charge on any atom is 0.407 e. The topological polar surface area (TPSA) is 91.1 Å². The minimum atomic E-state index is -0.496. The number of hydrogen-bond donors (Lipinski definition) is 1.